The van der Waals surface area contributed by atoms with E-state index in [-0.39, 0.29) is 6.04 Å². The van der Waals surface area contributed by atoms with Crippen LogP contribution in [-0.2, 0) is 13.0 Å². The number of rotatable bonds is 5. The average Bonchev–Trinajstić information content (AvgIpc) is 2.80. The van der Waals surface area contributed by atoms with Crippen LogP contribution in [0.2, 0.25) is 0 Å². The Balaban J connectivity index is 2.02. The number of nitrogens with one attached hydrogen (secondary N) is 1. The molecule has 0 fully saturated rings. The number of aryl methyl sites for hydroxylation is 1. The molecule has 0 aliphatic carbocycles. The van der Waals surface area contributed by atoms with Gasteiger partial charge in [0.2, 0.25) is 0 Å². The Hall–Kier alpha value is -1.43. The van der Waals surface area contributed by atoms with Crippen molar-refractivity contribution in [3.8, 4) is 0 Å². The van der Waals surface area contributed by atoms with E-state index in [0.717, 1.165) is 29.2 Å². The van der Waals surface area contributed by atoms with Crippen LogP contribution in [0.5, 0.6) is 0 Å². The maximum absolute atomic E-state index is 4.44. The zero-order valence-electron chi connectivity index (χ0n) is 10.5. The summed E-state index contributed by atoms with van der Waals surface area (Å²) in [6.45, 7) is 5.01. The van der Waals surface area contributed by atoms with Crippen LogP contribution >= 0.6 is 15.9 Å². The van der Waals surface area contributed by atoms with Crippen LogP contribution in [0.1, 0.15) is 19.7 Å². The first kappa shape index (κ1) is 13.0. The van der Waals surface area contributed by atoms with E-state index in [1.54, 1.807) is 6.20 Å². The molecule has 0 aliphatic rings. The minimum Gasteiger partial charge on any atom is -0.366 e. The fourth-order valence-electron chi connectivity index (χ4n) is 1.71. The van der Waals surface area contributed by atoms with E-state index in [0.29, 0.717) is 0 Å². The van der Waals surface area contributed by atoms with Crippen molar-refractivity contribution in [2.45, 2.75) is 32.9 Å². The second-order valence-corrected chi connectivity index (χ2v) is 4.96. The fourth-order valence-corrected chi connectivity index (χ4v) is 2.13. The van der Waals surface area contributed by atoms with Gasteiger partial charge in [-0.3, -0.25) is 0 Å². The molecule has 1 unspecified atom stereocenters. The molecule has 0 aromatic carbocycles. The molecule has 6 heteroatoms. The van der Waals surface area contributed by atoms with Gasteiger partial charge in [0.05, 0.1) is 6.33 Å². The van der Waals surface area contributed by atoms with Gasteiger partial charge in [-0.2, -0.15) is 0 Å². The first-order valence-electron chi connectivity index (χ1n) is 5.93. The Kier molecular flexibility index (Phi) is 4.30. The predicted molar refractivity (Wildman–Crippen MR) is 74.4 cm³/mol. The summed E-state index contributed by atoms with van der Waals surface area (Å²) in [5.41, 5.74) is 0. The molecule has 0 amide bonds. The number of aromatic nitrogens is 4. The lowest BCUT2D eigenvalue weighted by Gasteiger charge is -2.15. The van der Waals surface area contributed by atoms with Crippen molar-refractivity contribution in [1.29, 1.82) is 0 Å². The molecule has 2 rings (SSSR count). The Morgan fingerprint density at radius 3 is 2.94 bits per heavy atom. The van der Waals surface area contributed by atoms with Crippen molar-refractivity contribution >= 4 is 21.7 Å². The lowest BCUT2D eigenvalue weighted by molar-refractivity contribution is 0.616. The molecule has 5 nitrogen and oxygen atoms in total. The molecule has 2 aromatic rings. The summed E-state index contributed by atoms with van der Waals surface area (Å²) >= 11 is 3.40. The van der Waals surface area contributed by atoms with E-state index in [4.69, 9.17) is 0 Å². The minimum atomic E-state index is 0.269. The average molecular weight is 310 g/mol. The van der Waals surface area contributed by atoms with Gasteiger partial charge < -0.3 is 9.88 Å². The highest BCUT2D eigenvalue weighted by atomic mass is 79.9. The van der Waals surface area contributed by atoms with E-state index in [1.807, 2.05) is 30.1 Å². The highest BCUT2D eigenvalue weighted by molar-refractivity contribution is 9.10. The molecular weight excluding hydrogens is 294 g/mol. The van der Waals surface area contributed by atoms with Crippen LogP contribution < -0.4 is 5.32 Å². The molecule has 0 spiro atoms. The van der Waals surface area contributed by atoms with Gasteiger partial charge in [0, 0.05) is 37.5 Å². The van der Waals surface area contributed by atoms with Crippen molar-refractivity contribution in [3.63, 3.8) is 0 Å². The van der Waals surface area contributed by atoms with E-state index in [2.05, 4.69) is 43.1 Å². The minimum absolute atomic E-state index is 0.269. The predicted octanol–water partition coefficient (Wildman–Crippen LogP) is 2.50. The van der Waals surface area contributed by atoms with Gasteiger partial charge in [0.1, 0.15) is 16.2 Å². The number of hydrogen-bond donors (Lipinski definition) is 1. The molecule has 18 heavy (non-hydrogen) atoms. The second-order valence-electron chi connectivity index (χ2n) is 4.15. The van der Waals surface area contributed by atoms with Gasteiger partial charge in [-0.15, -0.1) is 0 Å². The van der Waals surface area contributed by atoms with Crippen molar-refractivity contribution in [1.82, 2.24) is 19.5 Å². The zero-order chi connectivity index (χ0) is 13.0. The molecule has 2 heterocycles. The Labute approximate surface area is 115 Å². The summed E-state index contributed by atoms with van der Waals surface area (Å²) in [7, 11) is 0. The molecule has 96 valence electrons. The van der Waals surface area contributed by atoms with Crippen LogP contribution in [0.4, 0.5) is 5.82 Å². The highest BCUT2D eigenvalue weighted by Gasteiger charge is 2.06. The van der Waals surface area contributed by atoms with Crippen molar-refractivity contribution in [3.05, 3.63) is 35.2 Å². The highest BCUT2D eigenvalue weighted by Crippen LogP contribution is 2.13. The van der Waals surface area contributed by atoms with E-state index < -0.39 is 0 Å². The summed E-state index contributed by atoms with van der Waals surface area (Å²) in [5, 5.41) is 3.37. The van der Waals surface area contributed by atoms with Gasteiger partial charge >= 0.3 is 0 Å². The smallest absolute Gasteiger partial charge is 0.131 e. The van der Waals surface area contributed by atoms with Crippen LogP contribution in [0, 0.1) is 0 Å². The van der Waals surface area contributed by atoms with Gasteiger partial charge in [0.25, 0.3) is 0 Å². The van der Waals surface area contributed by atoms with Crippen LogP contribution in [-0.4, -0.2) is 25.6 Å². The normalized spacial score (nSPS) is 12.4. The number of hydrogen-bond acceptors (Lipinski definition) is 4. The molecule has 0 aliphatic heterocycles. The molecule has 1 atom stereocenters. The molecular formula is C12H16BrN5. The first-order valence-corrected chi connectivity index (χ1v) is 6.72. The van der Waals surface area contributed by atoms with Crippen LogP contribution in [0.15, 0.2) is 29.4 Å². The van der Waals surface area contributed by atoms with Gasteiger partial charge in [-0.25, -0.2) is 15.0 Å². The van der Waals surface area contributed by atoms with E-state index >= 15 is 0 Å². The Morgan fingerprint density at radius 1 is 1.44 bits per heavy atom. The molecule has 0 saturated carbocycles. The Morgan fingerprint density at radius 2 is 2.28 bits per heavy atom. The number of nitrogens with zero attached hydrogens (tertiary/aromatic N) is 4. The standard InChI is InChI=1S/C12H16BrN5/c1-3-11-16-10(13)6-12(17-11)15-9(2)7-18-5-4-14-8-18/h4-6,8-9H,3,7H2,1-2H3,(H,15,16,17). The van der Waals surface area contributed by atoms with Crippen molar-refractivity contribution < 1.29 is 0 Å². The number of anilines is 1. The topological polar surface area (TPSA) is 55.6 Å². The van der Waals surface area contributed by atoms with Crippen LogP contribution in [0.3, 0.4) is 0 Å². The zero-order valence-corrected chi connectivity index (χ0v) is 12.1. The Bertz CT molecular complexity index is 497. The van der Waals surface area contributed by atoms with Gasteiger partial charge in [-0.05, 0) is 22.9 Å². The van der Waals surface area contributed by atoms with Gasteiger partial charge in [0.15, 0.2) is 0 Å². The maximum Gasteiger partial charge on any atom is 0.131 e. The monoisotopic (exact) mass is 309 g/mol. The van der Waals surface area contributed by atoms with E-state index in [9.17, 15) is 0 Å². The summed E-state index contributed by atoms with van der Waals surface area (Å²) in [5.74, 6) is 1.68. The maximum atomic E-state index is 4.44. The largest absolute Gasteiger partial charge is 0.366 e. The number of halogens is 1. The third kappa shape index (κ3) is 3.53. The van der Waals surface area contributed by atoms with Gasteiger partial charge in [-0.1, -0.05) is 6.92 Å². The van der Waals surface area contributed by atoms with E-state index in [1.165, 1.54) is 0 Å². The summed E-state index contributed by atoms with van der Waals surface area (Å²) in [6.07, 6.45) is 6.37. The second kappa shape index (κ2) is 5.95. The summed E-state index contributed by atoms with van der Waals surface area (Å²) in [6, 6.07) is 2.16. The van der Waals surface area contributed by atoms with Crippen LogP contribution in [0.25, 0.3) is 0 Å². The summed E-state index contributed by atoms with van der Waals surface area (Å²) in [4.78, 5) is 12.8. The molecule has 0 radical (unpaired) electrons. The third-order valence-electron chi connectivity index (χ3n) is 2.50. The third-order valence-corrected chi connectivity index (χ3v) is 2.90. The summed E-state index contributed by atoms with van der Waals surface area (Å²) < 4.78 is 2.85. The SMILES string of the molecule is CCc1nc(Br)cc(NC(C)Cn2ccnc2)n1. The van der Waals surface area contributed by atoms with Crippen molar-refractivity contribution in [2.24, 2.45) is 0 Å². The molecule has 2 aromatic heterocycles. The fraction of sp³-hybridized carbons (Fsp3) is 0.417. The lowest BCUT2D eigenvalue weighted by atomic mass is 10.3. The molecule has 1 N–H and O–H groups in total. The quantitative estimate of drug-likeness (QED) is 0.862. The molecule has 0 saturated heterocycles. The van der Waals surface area contributed by atoms with Crippen molar-refractivity contribution in [2.75, 3.05) is 5.32 Å². The number of imidazole rings is 1. The first-order chi connectivity index (χ1) is 8.67. The molecule has 0 bridgehead atoms. The lowest BCUT2D eigenvalue weighted by Crippen LogP contribution is -2.22.